The van der Waals surface area contributed by atoms with E-state index in [0.717, 1.165) is 52.4 Å². The lowest BCUT2D eigenvalue weighted by molar-refractivity contribution is -0.125. The molecule has 3 heterocycles. The van der Waals surface area contributed by atoms with Crippen LogP contribution in [0.15, 0.2) is 60.9 Å². The number of benzene rings is 2. The highest BCUT2D eigenvalue weighted by atomic mass is 16.2. The average Bonchev–Trinajstić information content (AvgIpc) is 3.41. The van der Waals surface area contributed by atoms with E-state index in [0.29, 0.717) is 0 Å². The van der Waals surface area contributed by atoms with Crippen molar-refractivity contribution in [2.24, 2.45) is 0 Å². The second-order valence-electron chi connectivity index (χ2n) is 8.55. The maximum absolute atomic E-state index is 13.0. The molecule has 1 aliphatic rings. The molecule has 0 bridgehead atoms. The first-order valence-corrected chi connectivity index (χ1v) is 10.7. The molecule has 1 saturated heterocycles. The number of H-pyrrole nitrogens is 1. The van der Waals surface area contributed by atoms with Crippen LogP contribution < -0.4 is 5.32 Å². The molecule has 2 N–H and O–H groups in total. The summed E-state index contributed by atoms with van der Waals surface area (Å²) in [6.45, 7) is 1.85. The van der Waals surface area contributed by atoms with E-state index in [4.69, 9.17) is 0 Å². The number of carbonyl (C=O) groups is 2. The molecule has 5 rings (SSSR count). The van der Waals surface area contributed by atoms with Gasteiger partial charge in [0.2, 0.25) is 11.8 Å². The van der Waals surface area contributed by atoms with Gasteiger partial charge in [0.15, 0.2) is 0 Å². The van der Waals surface area contributed by atoms with Gasteiger partial charge in [0.25, 0.3) is 0 Å². The molecular weight excluding hydrogens is 388 g/mol. The molecule has 1 fully saturated rings. The number of hydrogen-bond donors (Lipinski definition) is 2. The third-order valence-corrected chi connectivity index (χ3v) is 6.26. The first-order valence-electron chi connectivity index (χ1n) is 10.7. The standard InChI is InChI=1S/C25H26N4O2/c1-28(2)12-7-13-29-15-19(17-9-4-6-11-21(17)29)23-22(24(30)27-25(23)31)18-14-26-20-10-5-3-8-16(18)20/h3-6,8-11,14-15,22-23,26H,7,12-13H2,1-2H3,(H,27,30,31). The molecule has 0 radical (unpaired) electrons. The van der Waals surface area contributed by atoms with E-state index in [1.807, 2.05) is 42.6 Å². The van der Waals surface area contributed by atoms with Crippen molar-refractivity contribution in [1.29, 1.82) is 0 Å². The fraction of sp³-hybridized carbons (Fsp3) is 0.280. The number of amides is 2. The zero-order chi connectivity index (χ0) is 21.5. The number of imide groups is 1. The van der Waals surface area contributed by atoms with Crippen LogP contribution in [-0.2, 0) is 16.1 Å². The van der Waals surface area contributed by atoms with Gasteiger partial charge in [0.1, 0.15) is 0 Å². The van der Waals surface area contributed by atoms with Crippen LogP contribution >= 0.6 is 0 Å². The number of aromatic amines is 1. The Kier molecular flexibility index (Phi) is 4.87. The van der Waals surface area contributed by atoms with Crippen LogP contribution in [-0.4, -0.2) is 46.9 Å². The minimum atomic E-state index is -0.551. The Hall–Kier alpha value is -3.38. The van der Waals surface area contributed by atoms with E-state index in [1.54, 1.807) is 0 Å². The predicted molar refractivity (Wildman–Crippen MR) is 122 cm³/mol. The topological polar surface area (TPSA) is 70.1 Å². The first kappa shape index (κ1) is 19.6. The van der Waals surface area contributed by atoms with Crippen molar-refractivity contribution in [3.05, 3.63) is 72.1 Å². The Morgan fingerprint density at radius 2 is 1.58 bits per heavy atom. The molecule has 6 nitrogen and oxygen atoms in total. The highest BCUT2D eigenvalue weighted by molar-refractivity contribution is 6.13. The van der Waals surface area contributed by atoms with E-state index < -0.39 is 11.8 Å². The number of nitrogens with zero attached hydrogens (tertiary/aromatic N) is 2. The Labute approximate surface area is 180 Å². The average molecular weight is 415 g/mol. The largest absolute Gasteiger partial charge is 0.361 e. The van der Waals surface area contributed by atoms with Gasteiger partial charge in [0.05, 0.1) is 11.8 Å². The van der Waals surface area contributed by atoms with E-state index in [2.05, 4.69) is 52.2 Å². The van der Waals surface area contributed by atoms with Crippen LogP contribution in [0.1, 0.15) is 29.4 Å². The van der Waals surface area contributed by atoms with Crippen molar-refractivity contribution < 1.29 is 9.59 Å². The van der Waals surface area contributed by atoms with Crippen molar-refractivity contribution >= 4 is 33.6 Å². The summed E-state index contributed by atoms with van der Waals surface area (Å²) < 4.78 is 2.22. The van der Waals surface area contributed by atoms with Crippen LogP contribution in [0.25, 0.3) is 21.8 Å². The lowest BCUT2D eigenvalue weighted by Gasteiger charge is -2.15. The maximum Gasteiger partial charge on any atom is 0.235 e. The second-order valence-corrected chi connectivity index (χ2v) is 8.55. The van der Waals surface area contributed by atoms with Gasteiger partial charge < -0.3 is 14.5 Å². The SMILES string of the molecule is CN(C)CCCn1cc(C2C(=O)NC(=O)C2c2c[nH]c3ccccc23)c2ccccc21. The summed E-state index contributed by atoms with van der Waals surface area (Å²) in [5, 5.41) is 4.61. The van der Waals surface area contributed by atoms with Crippen molar-refractivity contribution in [1.82, 2.24) is 19.8 Å². The Bertz CT molecular complexity index is 1280. The summed E-state index contributed by atoms with van der Waals surface area (Å²) >= 11 is 0. The quantitative estimate of drug-likeness (QED) is 0.474. The third kappa shape index (κ3) is 3.33. The van der Waals surface area contributed by atoms with Crippen LogP contribution in [0.3, 0.4) is 0 Å². The molecule has 0 saturated carbocycles. The van der Waals surface area contributed by atoms with Gasteiger partial charge in [-0.3, -0.25) is 14.9 Å². The number of para-hydroxylation sites is 2. The molecule has 6 heteroatoms. The minimum Gasteiger partial charge on any atom is -0.361 e. The number of aryl methyl sites for hydroxylation is 1. The summed E-state index contributed by atoms with van der Waals surface area (Å²) in [5.41, 5.74) is 3.85. The van der Waals surface area contributed by atoms with E-state index in [1.165, 1.54) is 0 Å². The molecule has 2 atom stereocenters. The molecule has 31 heavy (non-hydrogen) atoms. The lowest BCUT2D eigenvalue weighted by Crippen LogP contribution is -2.21. The Morgan fingerprint density at radius 1 is 0.903 bits per heavy atom. The van der Waals surface area contributed by atoms with Gasteiger partial charge >= 0.3 is 0 Å². The first-order chi connectivity index (χ1) is 15.0. The normalized spacial score (nSPS) is 19.1. The van der Waals surface area contributed by atoms with Crippen LogP contribution in [0.5, 0.6) is 0 Å². The molecule has 2 amide bonds. The molecule has 0 spiro atoms. The molecule has 2 aromatic heterocycles. The van der Waals surface area contributed by atoms with Crippen LogP contribution in [0, 0.1) is 0 Å². The third-order valence-electron chi connectivity index (χ3n) is 6.26. The number of hydrogen-bond acceptors (Lipinski definition) is 3. The van der Waals surface area contributed by atoms with E-state index >= 15 is 0 Å². The highest BCUT2D eigenvalue weighted by Gasteiger charge is 2.45. The van der Waals surface area contributed by atoms with Gasteiger partial charge in [-0.15, -0.1) is 0 Å². The van der Waals surface area contributed by atoms with Crippen molar-refractivity contribution in [3.63, 3.8) is 0 Å². The molecule has 4 aromatic rings. The number of aromatic nitrogens is 2. The monoisotopic (exact) mass is 414 g/mol. The minimum absolute atomic E-state index is 0.225. The van der Waals surface area contributed by atoms with Gasteiger partial charge in [0, 0.05) is 40.7 Å². The van der Waals surface area contributed by atoms with Gasteiger partial charge in [-0.25, -0.2) is 0 Å². The van der Waals surface area contributed by atoms with Crippen molar-refractivity contribution in [2.45, 2.75) is 24.8 Å². The lowest BCUT2D eigenvalue weighted by atomic mass is 9.83. The zero-order valence-electron chi connectivity index (χ0n) is 17.8. The highest BCUT2D eigenvalue weighted by Crippen LogP contribution is 2.43. The van der Waals surface area contributed by atoms with Gasteiger partial charge in [-0.1, -0.05) is 36.4 Å². The Morgan fingerprint density at radius 3 is 2.35 bits per heavy atom. The smallest absolute Gasteiger partial charge is 0.235 e. The molecule has 2 unspecified atom stereocenters. The van der Waals surface area contributed by atoms with Gasteiger partial charge in [-0.05, 0) is 50.3 Å². The second kappa shape index (κ2) is 7.71. The van der Waals surface area contributed by atoms with Gasteiger partial charge in [-0.2, -0.15) is 0 Å². The molecule has 0 aliphatic carbocycles. The van der Waals surface area contributed by atoms with Crippen LogP contribution in [0.2, 0.25) is 0 Å². The molecular formula is C25H26N4O2. The van der Waals surface area contributed by atoms with Crippen molar-refractivity contribution in [2.75, 3.05) is 20.6 Å². The summed E-state index contributed by atoms with van der Waals surface area (Å²) in [4.78, 5) is 31.4. The fourth-order valence-electron chi connectivity index (χ4n) is 4.84. The fourth-order valence-corrected chi connectivity index (χ4v) is 4.84. The number of nitrogens with one attached hydrogen (secondary N) is 2. The summed E-state index contributed by atoms with van der Waals surface area (Å²) in [7, 11) is 4.14. The van der Waals surface area contributed by atoms with E-state index in [-0.39, 0.29) is 11.8 Å². The predicted octanol–water partition coefficient (Wildman–Crippen LogP) is 3.60. The summed E-state index contributed by atoms with van der Waals surface area (Å²) in [5.74, 6) is -1.56. The number of fused-ring (bicyclic) bond motifs is 2. The number of rotatable bonds is 6. The van der Waals surface area contributed by atoms with Crippen molar-refractivity contribution in [3.8, 4) is 0 Å². The summed E-state index contributed by atoms with van der Waals surface area (Å²) in [6.07, 6.45) is 4.95. The van der Waals surface area contributed by atoms with E-state index in [9.17, 15) is 9.59 Å². The summed E-state index contributed by atoms with van der Waals surface area (Å²) in [6, 6.07) is 16.1. The number of carbonyl (C=O) groups excluding carboxylic acids is 2. The molecule has 2 aromatic carbocycles. The molecule has 1 aliphatic heterocycles. The zero-order valence-corrected chi connectivity index (χ0v) is 17.8. The molecule has 158 valence electrons. The Balaban J connectivity index is 1.61. The van der Waals surface area contributed by atoms with Crippen LogP contribution in [0.4, 0.5) is 0 Å². The maximum atomic E-state index is 13.0.